The number of rotatable bonds is 0. The van der Waals surface area contributed by atoms with Crippen molar-refractivity contribution in [2.45, 2.75) is 19.6 Å². The maximum atomic E-state index is 2.85. The Morgan fingerprint density at radius 1 is 1.17 bits per heavy atom. The quantitative estimate of drug-likeness (QED) is 0.270. The van der Waals surface area contributed by atoms with Gasteiger partial charge in [0, 0.05) is 0 Å². The Balaban J connectivity index is 0. The van der Waals surface area contributed by atoms with E-state index in [1.54, 1.807) is 0 Å². The molecule has 0 aliphatic heterocycles. The minimum absolute atomic E-state index is 0. The number of hydrogen-bond acceptors (Lipinski definition) is 0. The van der Waals surface area contributed by atoms with Crippen LogP contribution in [-0.2, 0) is 0 Å². The van der Waals surface area contributed by atoms with Crippen LogP contribution in [0.1, 0.15) is 0 Å². The van der Waals surface area contributed by atoms with E-state index in [1.165, 1.54) is 0 Å². The van der Waals surface area contributed by atoms with Gasteiger partial charge in [0.05, 0.1) is 7.74 Å². The van der Waals surface area contributed by atoms with Crippen molar-refractivity contribution in [2.24, 2.45) is 0 Å². The summed E-state index contributed by atoms with van der Waals surface area (Å²) in [6.45, 7) is 6.87. The van der Waals surface area contributed by atoms with Gasteiger partial charge in [-0.05, 0) is 0 Å². The molecule has 0 saturated heterocycles. The molecule has 0 spiro atoms. The van der Waals surface area contributed by atoms with Crippen LogP contribution in [0.15, 0.2) is 0 Å². The van der Waals surface area contributed by atoms with Crippen molar-refractivity contribution >= 4 is 16.5 Å². The largest absolute Gasteiger partial charge is 1.00 e. The first-order chi connectivity index (χ1) is 2.00. The third-order valence-corrected chi connectivity index (χ3v) is 0. The second-order valence-corrected chi connectivity index (χ2v) is 12.3. The second kappa shape index (κ2) is 3.27. The summed E-state index contributed by atoms with van der Waals surface area (Å²) >= 11 is 0. The molecule has 0 bridgehead atoms. The van der Waals surface area contributed by atoms with Crippen LogP contribution in [0.2, 0.25) is 19.6 Å². The van der Waals surface area contributed by atoms with Crippen molar-refractivity contribution in [3.8, 4) is 0 Å². The van der Waals surface area contributed by atoms with Crippen LogP contribution >= 0.6 is 8.79 Å². The van der Waals surface area contributed by atoms with E-state index in [2.05, 4.69) is 28.4 Å². The Labute approximate surface area is 55.3 Å². The summed E-state index contributed by atoms with van der Waals surface area (Å²) in [6.07, 6.45) is 0. The molecule has 0 nitrogen and oxygen atoms in total. The molecule has 0 N–H and O–H groups in total. The molecule has 32 valence electrons. The minimum atomic E-state index is -0.694. The molecule has 0 aliphatic carbocycles. The second-order valence-electron chi connectivity index (χ2n) is 2.37. The number of hydrogen-bond donors (Lipinski definition) is 0. The van der Waals surface area contributed by atoms with Crippen molar-refractivity contribution in [1.29, 1.82) is 0 Å². The van der Waals surface area contributed by atoms with Crippen molar-refractivity contribution in [3.05, 3.63) is 0 Å². The van der Waals surface area contributed by atoms with Crippen molar-refractivity contribution in [3.63, 3.8) is 0 Å². The molecule has 0 heterocycles. The predicted molar refractivity (Wildman–Crippen MR) is 33.1 cm³/mol. The van der Waals surface area contributed by atoms with Gasteiger partial charge >= 0.3 is 18.9 Å². The van der Waals surface area contributed by atoms with Crippen LogP contribution in [0.4, 0.5) is 0 Å². The Bertz CT molecular complexity index is 26.3. The molecule has 3 heteroatoms. The fourth-order valence-electron chi connectivity index (χ4n) is 0. The van der Waals surface area contributed by atoms with E-state index in [-0.39, 0.29) is 18.9 Å². The Morgan fingerprint density at radius 2 is 1.17 bits per heavy atom. The van der Waals surface area contributed by atoms with E-state index in [1.807, 2.05) is 0 Å². The smallest absolute Gasteiger partial charge is 0.149 e. The van der Waals surface area contributed by atoms with Gasteiger partial charge in [0.2, 0.25) is 0 Å². The van der Waals surface area contributed by atoms with Crippen LogP contribution in [0.3, 0.4) is 0 Å². The fraction of sp³-hybridized carbons (Fsp3) is 1.00. The molecule has 0 rings (SSSR count). The average molecular weight is 113 g/mol. The van der Waals surface area contributed by atoms with Gasteiger partial charge in [-0.2, -0.15) is 0 Å². The minimum Gasteiger partial charge on any atom is -0.149 e. The standard InChI is InChI=1S/C3H11PSi.Li/c1-5(2,3)4;/h4H2,1-3H3;/q;+1. The van der Waals surface area contributed by atoms with Crippen LogP contribution < -0.4 is 18.9 Å². The van der Waals surface area contributed by atoms with Crippen molar-refractivity contribution < 1.29 is 18.9 Å². The summed E-state index contributed by atoms with van der Waals surface area (Å²) in [5.41, 5.74) is 0. The van der Waals surface area contributed by atoms with Gasteiger partial charge in [-0.1, -0.05) is 19.6 Å². The first-order valence-electron chi connectivity index (χ1n) is 1.79. The zero-order valence-electron chi connectivity index (χ0n) is 5.08. The molecule has 0 amide bonds. The molecule has 0 radical (unpaired) electrons. The first-order valence-corrected chi connectivity index (χ1v) is 7.10. The van der Waals surface area contributed by atoms with Gasteiger partial charge in [0.25, 0.3) is 0 Å². The van der Waals surface area contributed by atoms with Gasteiger partial charge in [-0.15, -0.1) is 8.79 Å². The van der Waals surface area contributed by atoms with Gasteiger partial charge in [-0.25, -0.2) is 0 Å². The molecular weight excluding hydrogens is 102 g/mol. The summed E-state index contributed by atoms with van der Waals surface area (Å²) in [4.78, 5) is 0. The third kappa shape index (κ3) is 61.0. The fourth-order valence-corrected chi connectivity index (χ4v) is 0. The molecule has 0 aromatic carbocycles. The van der Waals surface area contributed by atoms with E-state index in [4.69, 9.17) is 0 Å². The van der Waals surface area contributed by atoms with Crippen LogP contribution in [-0.4, -0.2) is 7.74 Å². The monoisotopic (exact) mass is 113 g/mol. The summed E-state index contributed by atoms with van der Waals surface area (Å²) in [6, 6.07) is 0. The first kappa shape index (κ1) is 10.3. The van der Waals surface area contributed by atoms with Crippen molar-refractivity contribution in [2.75, 3.05) is 0 Å². The maximum absolute atomic E-state index is 2.85. The SMILES string of the molecule is C[Si](C)(C)P.[Li+]. The third-order valence-electron chi connectivity index (χ3n) is 0. The topological polar surface area (TPSA) is 0 Å². The molecule has 0 aromatic heterocycles. The van der Waals surface area contributed by atoms with Crippen LogP contribution in [0, 0.1) is 0 Å². The molecule has 1 atom stereocenters. The Kier molecular flexibility index (Phi) is 5.60. The molecule has 0 saturated carbocycles. The summed E-state index contributed by atoms with van der Waals surface area (Å²) in [7, 11) is 2.16. The van der Waals surface area contributed by atoms with Crippen molar-refractivity contribution in [1.82, 2.24) is 0 Å². The molecule has 0 aliphatic rings. The van der Waals surface area contributed by atoms with Gasteiger partial charge < -0.3 is 0 Å². The molecule has 1 unspecified atom stereocenters. The van der Waals surface area contributed by atoms with Gasteiger partial charge in [0.15, 0.2) is 0 Å². The zero-order chi connectivity index (χ0) is 4.50. The molecule has 6 heavy (non-hydrogen) atoms. The van der Waals surface area contributed by atoms with Gasteiger partial charge in [-0.3, -0.25) is 0 Å². The summed E-state index contributed by atoms with van der Waals surface area (Å²) < 4.78 is 0. The summed E-state index contributed by atoms with van der Waals surface area (Å²) in [5, 5.41) is 0. The maximum Gasteiger partial charge on any atom is 1.00 e. The Hall–Kier alpha value is 1.24. The van der Waals surface area contributed by atoms with Crippen LogP contribution in [0.5, 0.6) is 0 Å². The Morgan fingerprint density at radius 3 is 1.17 bits per heavy atom. The molecular formula is C3H11LiPSi+. The van der Waals surface area contributed by atoms with E-state index < -0.39 is 7.74 Å². The molecule has 0 aromatic rings. The van der Waals surface area contributed by atoms with E-state index in [9.17, 15) is 0 Å². The summed E-state index contributed by atoms with van der Waals surface area (Å²) in [5.74, 6) is 0. The van der Waals surface area contributed by atoms with E-state index in [0.717, 1.165) is 0 Å². The van der Waals surface area contributed by atoms with Gasteiger partial charge in [0.1, 0.15) is 0 Å². The normalized spacial score (nSPS) is 10.0. The van der Waals surface area contributed by atoms with Crippen LogP contribution in [0.25, 0.3) is 0 Å². The predicted octanol–water partition coefficient (Wildman–Crippen LogP) is -1.30. The zero-order valence-corrected chi connectivity index (χ0v) is 7.23. The average Bonchev–Trinajstić information content (AvgIpc) is 0.722. The van der Waals surface area contributed by atoms with E-state index >= 15 is 0 Å². The van der Waals surface area contributed by atoms with E-state index in [0.29, 0.717) is 0 Å². The molecule has 0 fully saturated rings.